The molecule has 0 bridgehead atoms. The lowest BCUT2D eigenvalue weighted by molar-refractivity contribution is -0.386. The molecule has 1 amide bonds. The predicted octanol–water partition coefficient (Wildman–Crippen LogP) is 4.45. The lowest BCUT2D eigenvalue weighted by Gasteiger charge is -2.27. The minimum atomic E-state index is -0.403. The highest BCUT2D eigenvalue weighted by atomic mass is 16.6. The number of hydrogen-bond donors (Lipinski definition) is 0. The fourth-order valence-electron chi connectivity index (χ4n) is 4.63. The van der Waals surface area contributed by atoms with E-state index in [1.54, 1.807) is 44.9 Å². The molecular weight excluding hydrogens is 436 g/mol. The van der Waals surface area contributed by atoms with Crippen molar-refractivity contribution in [3.8, 4) is 11.5 Å². The zero-order valence-electron chi connectivity index (χ0n) is 19.8. The molecular formula is C25H28N4O5. The standard InChI is InChI=1S/C25H28N4O5/c1-16-24(29(31)32)17(2)28(26-16)15-18-7-9-19(10-8-18)25(30)27-13-5-6-22(27)21-14-20(33-3)11-12-23(21)34-4/h7-12,14,22H,5-6,13,15H2,1-4H3. The summed E-state index contributed by atoms with van der Waals surface area (Å²) >= 11 is 0. The van der Waals surface area contributed by atoms with E-state index in [-0.39, 0.29) is 17.6 Å². The number of nitrogens with zero attached hydrogens (tertiary/aromatic N) is 4. The van der Waals surface area contributed by atoms with Crippen LogP contribution in [-0.4, -0.2) is 46.3 Å². The number of aryl methyl sites for hydroxylation is 1. The van der Waals surface area contributed by atoms with Gasteiger partial charge in [-0.25, -0.2) is 0 Å². The van der Waals surface area contributed by atoms with Crippen molar-refractivity contribution in [1.82, 2.24) is 14.7 Å². The summed E-state index contributed by atoms with van der Waals surface area (Å²) in [6.45, 7) is 4.38. The molecule has 0 saturated carbocycles. The molecule has 0 spiro atoms. The average molecular weight is 465 g/mol. The van der Waals surface area contributed by atoms with Crippen LogP contribution in [0.3, 0.4) is 0 Å². The summed E-state index contributed by atoms with van der Waals surface area (Å²) in [4.78, 5) is 26.1. The van der Waals surface area contributed by atoms with Crippen LogP contribution in [0.4, 0.5) is 5.69 Å². The lowest BCUT2D eigenvalue weighted by Crippen LogP contribution is -2.30. The third-order valence-corrected chi connectivity index (χ3v) is 6.37. The molecule has 1 saturated heterocycles. The maximum atomic E-state index is 13.4. The molecule has 0 aliphatic carbocycles. The van der Waals surface area contributed by atoms with Gasteiger partial charge in [-0.2, -0.15) is 5.10 Å². The number of hydrogen-bond acceptors (Lipinski definition) is 6. The summed E-state index contributed by atoms with van der Waals surface area (Å²) < 4.78 is 12.6. The Morgan fingerprint density at radius 3 is 2.50 bits per heavy atom. The molecule has 0 N–H and O–H groups in total. The molecule has 178 valence electrons. The summed E-state index contributed by atoms with van der Waals surface area (Å²) in [5, 5.41) is 15.6. The van der Waals surface area contributed by atoms with Crippen molar-refractivity contribution in [3.63, 3.8) is 0 Å². The number of amides is 1. The van der Waals surface area contributed by atoms with Crippen molar-refractivity contribution in [1.29, 1.82) is 0 Å². The van der Waals surface area contributed by atoms with Gasteiger partial charge in [-0.15, -0.1) is 0 Å². The van der Waals surface area contributed by atoms with E-state index in [1.165, 1.54) is 0 Å². The SMILES string of the molecule is COc1ccc(OC)c(C2CCCN2C(=O)c2ccc(Cn3nc(C)c([N+](=O)[O-])c3C)cc2)c1. The molecule has 1 fully saturated rings. The van der Waals surface area contributed by atoms with Gasteiger partial charge in [-0.3, -0.25) is 19.6 Å². The number of aromatic nitrogens is 2. The molecule has 1 atom stereocenters. The molecule has 3 aromatic rings. The Bertz CT molecular complexity index is 1220. The Labute approximate surface area is 198 Å². The van der Waals surface area contributed by atoms with Crippen LogP contribution in [0.25, 0.3) is 0 Å². The van der Waals surface area contributed by atoms with E-state index in [0.29, 0.717) is 30.0 Å². The number of methoxy groups -OCH3 is 2. The van der Waals surface area contributed by atoms with Gasteiger partial charge < -0.3 is 14.4 Å². The number of benzene rings is 2. The lowest BCUT2D eigenvalue weighted by atomic mass is 10.0. The normalized spacial score (nSPS) is 15.4. The Kier molecular flexibility index (Phi) is 6.54. The number of carbonyl (C=O) groups excluding carboxylic acids is 1. The fraction of sp³-hybridized carbons (Fsp3) is 0.360. The first-order valence-electron chi connectivity index (χ1n) is 11.1. The maximum Gasteiger partial charge on any atom is 0.312 e. The van der Waals surface area contributed by atoms with E-state index >= 15 is 0 Å². The number of carbonyl (C=O) groups is 1. The largest absolute Gasteiger partial charge is 0.497 e. The molecule has 0 radical (unpaired) electrons. The van der Waals surface area contributed by atoms with Crippen LogP contribution in [-0.2, 0) is 6.54 Å². The average Bonchev–Trinajstić information content (AvgIpc) is 3.43. The van der Waals surface area contributed by atoms with Crippen molar-refractivity contribution >= 4 is 11.6 Å². The van der Waals surface area contributed by atoms with Crippen LogP contribution in [0.1, 0.15) is 51.8 Å². The molecule has 1 aliphatic heterocycles. The predicted molar refractivity (Wildman–Crippen MR) is 126 cm³/mol. The monoisotopic (exact) mass is 464 g/mol. The highest BCUT2D eigenvalue weighted by molar-refractivity contribution is 5.94. The topological polar surface area (TPSA) is 99.7 Å². The molecule has 9 nitrogen and oxygen atoms in total. The minimum Gasteiger partial charge on any atom is -0.497 e. The van der Waals surface area contributed by atoms with Crippen LogP contribution < -0.4 is 9.47 Å². The first-order valence-corrected chi connectivity index (χ1v) is 11.1. The summed E-state index contributed by atoms with van der Waals surface area (Å²) in [6.07, 6.45) is 1.76. The summed E-state index contributed by atoms with van der Waals surface area (Å²) in [6, 6.07) is 12.9. The first kappa shape index (κ1) is 23.3. The number of nitro groups is 1. The van der Waals surface area contributed by atoms with Gasteiger partial charge in [0, 0.05) is 17.7 Å². The van der Waals surface area contributed by atoms with Gasteiger partial charge in [0.1, 0.15) is 22.9 Å². The maximum absolute atomic E-state index is 13.4. The quantitative estimate of drug-likeness (QED) is 0.378. The van der Waals surface area contributed by atoms with Gasteiger partial charge in [0.2, 0.25) is 0 Å². The van der Waals surface area contributed by atoms with Gasteiger partial charge in [0.05, 0.1) is 31.7 Å². The van der Waals surface area contributed by atoms with E-state index in [1.807, 2.05) is 35.2 Å². The zero-order valence-corrected chi connectivity index (χ0v) is 19.8. The van der Waals surface area contributed by atoms with E-state index < -0.39 is 4.92 Å². The molecule has 2 aromatic carbocycles. The molecule has 1 unspecified atom stereocenters. The number of likely N-dealkylation sites (tertiary alicyclic amines) is 1. The number of ether oxygens (including phenoxy) is 2. The van der Waals surface area contributed by atoms with E-state index in [9.17, 15) is 14.9 Å². The molecule has 2 heterocycles. The third kappa shape index (κ3) is 4.33. The molecule has 1 aliphatic rings. The second-order valence-corrected chi connectivity index (χ2v) is 8.40. The van der Waals surface area contributed by atoms with Crippen molar-refractivity contribution in [2.75, 3.05) is 20.8 Å². The minimum absolute atomic E-state index is 0.0410. The Hall–Kier alpha value is -3.88. The van der Waals surface area contributed by atoms with E-state index in [0.717, 1.165) is 35.5 Å². The molecule has 9 heteroatoms. The van der Waals surface area contributed by atoms with Crippen molar-refractivity contribution in [3.05, 3.63) is 80.7 Å². The van der Waals surface area contributed by atoms with Gasteiger partial charge >= 0.3 is 5.69 Å². The van der Waals surface area contributed by atoms with Crippen LogP contribution >= 0.6 is 0 Å². The van der Waals surface area contributed by atoms with Gasteiger partial charge in [0.15, 0.2) is 0 Å². The fourth-order valence-corrected chi connectivity index (χ4v) is 4.63. The Morgan fingerprint density at radius 1 is 1.15 bits per heavy atom. The van der Waals surface area contributed by atoms with Gasteiger partial charge in [0.25, 0.3) is 5.91 Å². The molecule has 4 rings (SSSR count). The highest BCUT2D eigenvalue weighted by Crippen LogP contribution is 2.39. The van der Waals surface area contributed by atoms with Crippen molar-refractivity contribution in [2.24, 2.45) is 0 Å². The first-order chi connectivity index (χ1) is 16.3. The summed E-state index contributed by atoms with van der Waals surface area (Å²) in [5.41, 5.74) is 3.38. The second kappa shape index (κ2) is 9.54. The van der Waals surface area contributed by atoms with Crippen LogP contribution in [0, 0.1) is 24.0 Å². The Balaban J connectivity index is 1.54. The second-order valence-electron chi connectivity index (χ2n) is 8.40. The molecule has 34 heavy (non-hydrogen) atoms. The highest BCUT2D eigenvalue weighted by Gasteiger charge is 2.32. The van der Waals surface area contributed by atoms with E-state index in [4.69, 9.17) is 9.47 Å². The van der Waals surface area contributed by atoms with Crippen LogP contribution in [0.15, 0.2) is 42.5 Å². The van der Waals surface area contributed by atoms with Crippen LogP contribution in [0.2, 0.25) is 0 Å². The number of rotatable bonds is 7. The van der Waals surface area contributed by atoms with Crippen molar-refractivity contribution in [2.45, 2.75) is 39.3 Å². The summed E-state index contributed by atoms with van der Waals surface area (Å²) in [5.74, 6) is 1.42. The zero-order chi connectivity index (χ0) is 24.4. The summed E-state index contributed by atoms with van der Waals surface area (Å²) in [7, 11) is 3.25. The smallest absolute Gasteiger partial charge is 0.312 e. The molecule has 1 aromatic heterocycles. The van der Waals surface area contributed by atoms with E-state index in [2.05, 4.69) is 5.10 Å². The Morgan fingerprint density at radius 2 is 1.88 bits per heavy atom. The van der Waals surface area contributed by atoms with Crippen molar-refractivity contribution < 1.29 is 19.2 Å². The van der Waals surface area contributed by atoms with Crippen LogP contribution in [0.5, 0.6) is 11.5 Å². The third-order valence-electron chi connectivity index (χ3n) is 6.37. The van der Waals surface area contributed by atoms with Gasteiger partial charge in [-0.1, -0.05) is 12.1 Å². The van der Waals surface area contributed by atoms with Gasteiger partial charge in [-0.05, 0) is 62.6 Å².